The van der Waals surface area contributed by atoms with Gasteiger partial charge in [0.2, 0.25) is 0 Å². The number of hydrogen-bond donors (Lipinski definition) is 1. The second-order valence-electron chi connectivity index (χ2n) is 7.55. The Morgan fingerprint density at radius 1 is 1.33 bits per heavy atom. The van der Waals surface area contributed by atoms with Gasteiger partial charge in [-0.15, -0.1) is 24.0 Å². The SMILES string of the molecule is CN=C(NCC(C)Cn1nc(C)cc1C)N1CCOC(C2CCCO2)C1.I. The lowest BCUT2D eigenvalue weighted by Gasteiger charge is -2.37. The van der Waals surface area contributed by atoms with Gasteiger partial charge in [0.05, 0.1) is 18.4 Å². The Balaban J connectivity index is 0.00000261. The second kappa shape index (κ2) is 10.6. The molecule has 0 spiro atoms. The number of nitrogens with one attached hydrogen (secondary N) is 1. The Morgan fingerprint density at radius 2 is 2.11 bits per heavy atom. The zero-order chi connectivity index (χ0) is 18.5. The Labute approximate surface area is 179 Å². The van der Waals surface area contributed by atoms with Gasteiger partial charge in [-0.25, -0.2) is 0 Å². The van der Waals surface area contributed by atoms with E-state index in [1.807, 2.05) is 14.0 Å². The zero-order valence-electron chi connectivity index (χ0n) is 17.0. The lowest BCUT2D eigenvalue weighted by molar-refractivity contribution is -0.0817. The molecule has 2 saturated heterocycles. The van der Waals surface area contributed by atoms with E-state index in [2.05, 4.69) is 44.9 Å². The molecular formula is C19H34IN5O2. The summed E-state index contributed by atoms with van der Waals surface area (Å²) in [6.45, 7) is 11.5. The summed E-state index contributed by atoms with van der Waals surface area (Å²) in [6, 6.07) is 2.12. The van der Waals surface area contributed by atoms with Crippen molar-refractivity contribution in [3.8, 4) is 0 Å². The first-order chi connectivity index (χ1) is 12.6. The third-order valence-electron chi connectivity index (χ3n) is 5.18. The Hall–Kier alpha value is -0.870. The lowest BCUT2D eigenvalue weighted by Crippen LogP contribution is -2.53. The van der Waals surface area contributed by atoms with E-state index in [-0.39, 0.29) is 36.2 Å². The highest BCUT2D eigenvalue weighted by atomic mass is 127. The van der Waals surface area contributed by atoms with E-state index in [1.54, 1.807) is 0 Å². The molecule has 154 valence electrons. The summed E-state index contributed by atoms with van der Waals surface area (Å²) in [5, 5.41) is 8.09. The number of aliphatic imine (C=N–C) groups is 1. The predicted molar refractivity (Wildman–Crippen MR) is 118 cm³/mol. The first-order valence-electron chi connectivity index (χ1n) is 9.76. The van der Waals surface area contributed by atoms with Gasteiger partial charge in [-0.05, 0) is 38.7 Å². The maximum absolute atomic E-state index is 5.95. The summed E-state index contributed by atoms with van der Waals surface area (Å²) in [6.07, 6.45) is 2.63. The Bertz CT molecular complexity index is 615. The zero-order valence-corrected chi connectivity index (χ0v) is 19.3. The number of aromatic nitrogens is 2. The molecule has 1 N–H and O–H groups in total. The van der Waals surface area contributed by atoms with Crippen LogP contribution in [0, 0.1) is 19.8 Å². The second-order valence-corrected chi connectivity index (χ2v) is 7.55. The number of guanidine groups is 1. The van der Waals surface area contributed by atoms with Crippen LogP contribution < -0.4 is 5.32 Å². The van der Waals surface area contributed by atoms with E-state index in [0.717, 1.165) is 63.9 Å². The minimum Gasteiger partial charge on any atom is -0.375 e. The van der Waals surface area contributed by atoms with Gasteiger partial charge in [0.15, 0.2) is 5.96 Å². The summed E-state index contributed by atoms with van der Waals surface area (Å²) in [7, 11) is 1.85. The van der Waals surface area contributed by atoms with E-state index in [0.29, 0.717) is 5.92 Å². The van der Waals surface area contributed by atoms with Gasteiger partial charge in [0.1, 0.15) is 6.10 Å². The molecule has 3 atom stereocenters. The van der Waals surface area contributed by atoms with Crippen molar-refractivity contribution >= 4 is 29.9 Å². The number of hydrogen-bond acceptors (Lipinski definition) is 4. The molecule has 2 fully saturated rings. The summed E-state index contributed by atoms with van der Waals surface area (Å²) in [4.78, 5) is 6.78. The first kappa shape index (κ1) is 22.4. The number of aryl methyl sites for hydroxylation is 2. The van der Waals surface area contributed by atoms with Crippen molar-refractivity contribution in [2.24, 2.45) is 10.9 Å². The normalized spacial score (nSPS) is 24.6. The number of rotatable bonds is 5. The molecular weight excluding hydrogens is 457 g/mol. The first-order valence-corrected chi connectivity index (χ1v) is 9.76. The maximum atomic E-state index is 5.95. The van der Waals surface area contributed by atoms with E-state index in [1.165, 1.54) is 5.69 Å². The van der Waals surface area contributed by atoms with Gasteiger partial charge in [-0.1, -0.05) is 6.92 Å². The minimum absolute atomic E-state index is 0. The van der Waals surface area contributed by atoms with E-state index in [9.17, 15) is 0 Å². The molecule has 1 aromatic heterocycles. The van der Waals surface area contributed by atoms with Crippen molar-refractivity contribution in [3.05, 3.63) is 17.5 Å². The fraction of sp³-hybridized carbons (Fsp3) is 0.789. The van der Waals surface area contributed by atoms with Crippen LogP contribution >= 0.6 is 24.0 Å². The van der Waals surface area contributed by atoms with Gasteiger partial charge >= 0.3 is 0 Å². The number of ether oxygens (including phenoxy) is 2. The quantitative estimate of drug-likeness (QED) is 0.389. The van der Waals surface area contributed by atoms with Crippen LogP contribution in [0.1, 0.15) is 31.2 Å². The van der Waals surface area contributed by atoms with Crippen LogP contribution in [0.2, 0.25) is 0 Å². The average Bonchev–Trinajstić information content (AvgIpc) is 3.26. The highest BCUT2D eigenvalue weighted by Crippen LogP contribution is 2.21. The molecule has 3 unspecified atom stereocenters. The van der Waals surface area contributed by atoms with Crippen LogP contribution in [0.3, 0.4) is 0 Å². The van der Waals surface area contributed by atoms with Crippen LogP contribution in [0.5, 0.6) is 0 Å². The molecule has 0 amide bonds. The summed E-state index contributed by atoms with van der Waals surface area (Å²) in [5.41, 5.74) is 2.29. The van der Waals surface area contributed by atoms with Gasteiger partial charge in [0.25, 0.3) is 0 Å². The number of morpholine rings is 1. The molecule has 3 heterocycles. The molecule has 3 rings (SSSR count). The van der Waals surface area contributed by atoms with E-state index >= 15 is 0 Å². The Kier molecular flexibility index (Phi) is 8.81. The van der Waals surface area contributed by atoms with Gasteiger partial charge in [-0.2, -0.15) is 5.10 Å². The number of halogens is 1. The largest absolute Gasteiger partial charge is 0.375 e. The average molecular weight is 491 g/mol. The molecule has 1 aromatic rings. The Morgan fingerprint density at radius 3 is 2.74 bits per heavy atom. The van der Waals surface area contributed by atoms with Crippen LogP contribution in [0.4, 0.5) is 0 Å². The van der Waals surface area contributed by atoms with E-state index in [4.69, 9.17) is 9.47 Å². The smallest absolute Gasteiger partial charge is 0.193 e. The van der Waals surface area contributed by atoms with Crippen LogP contribution in [0.15, 0.2) is 11.1 Å². The standard InChI is InChI=1S/C19H33N5O2.HI/c1-14(12-24-16(3)10-15(2)22-24)11-21-19(20-4)23-7-9-26-18(13-23)17-6-5-8-25-17;/h10,14,17-18H,5-9,11-13H2,1-4H3,(H,20,21);1H. The summed E-state index contributed by atoms with van der Waals surface area (Å²) >= 11 is 0. The van der Waals surface area contributed by atoms with Crippen LogP contribution in [-0.4, -0.2) is 72.7 Å². The molecule has 0 saturated carbocycles. The van der Waals surface area contributed by atoms with Gasteiger partial charge in [0, 0.05) is 45.5 Å². The van der Waals surface area contributed by atoms with Crippen molar-refractivity contribution in [1.82, 2.24) is 20.0 Å². The molecule has 0 aliphatic carbocycles. The van der Waals surface area contributed by atoms with Crippen molar-refractivity contribution in [1.29, 1.82) is 0 Å². The topological polar surface area (TPSA) is 63.9 Å². The highest BCUT2D eigenvalue weighted by molar-refractivity contribution is 14.0. The lowest BCUT2D eigenvalue weighted by atomic mass is 10.1. The van der Waals surface area contributed by atoms with Crippen molar-refractivity contribution in [2.75, 3.05) is 39.9 Å². The third-order valence-corrected chi connectivity index (χ3v) is 5.18. The van der Waals surface area contributed by atoms with Crippen LogP contribution in [0.25, 0.3) is 0 Å². The minimum atomic E-state index is 0. The molecule has 0 bridgehead atoms. The third kappa shape index (κ3) is 6.05. The molecule has 27 heavy (non-hydrogen) atoms. The summed E-state index contributed by atoms with van der Waals surface area (Å²) < 4.78 is 13.8. The van der Waals surface area contributed by atoms with Crippen molar-refractivity contribution in [2.45, 2.75) is 52.4 Å². The number of nitrogens with zero attached hydrogens (tertiary/aromatic N) is 4. The summed E-state index contributed by atoms with van der Waals surface area (Å²) in [5.74, 6) is 1.41. The molecule has 0 radical (unpaired) electrons. The maximum Gasteiger partial charge on any atom is 0.193 e. The monoisotopic (exact) mass is 491 g/mol. The van der Waals surface area contributed by atoms with Gasteiger partial charge in [-0.3, -0.25) is 9.67 Å². The fourth-order valence-electron chi connectivity index (χ4n) is 3.81. The van der Waals surface area contributed by atoms with Gasteiger partial charge < -0.3 is 19.7 Å². The molecule has 0 aromatic carbocycles. The van der Waals surface area contributed by atoms with Crippen molar-refractivity contribution in [3.63, 3.8) is 0 Å². The van der Waals surface area contributed by atoms with Crippen molar-refractivity contribution < 1.29 is 9.47 Å². The predicted octanol–water partition coefficient (Wildman–Crippen LogP) is 2.21. The molecule has 2 aliphatic rings. The molecule has 7 nitrogen and oxygen atoms in total. The highest BCUT2D eigenvalue weighted by Gasteiger charge is 2.32. The van der Waals surface area contributed by atoms with Crippen LogP contribution in [-0.2, 0) is 16.0 Å². The fourth-order valence-corrected chi connectivity index (χ4v) is 3.81. The molecule has 2 aliphatic heterocycles. The van der Waals surface area contributed by atoms with E-state index < -0.39 is 0 Å². The molecule has 8 heteroatoms.